The van der Waals surface area contributed by atoms with E-state index >= 15 is 0 Å². The summed E-state index contributed by atoms with van der Waals surface area (Å²) in [6, 6.07) is 16.2. The molecule has 0 aliphatic carbocycles. The Hall–Kier alpha value is -3.59. The predicted octanol–water partition coefficient (Wildman–Crippen LogP) is 2.99. The van der Waals surface area contributed by atoms with E-state index in [2.05, 4.69) is 20.5 Å². The largest absolute Gasteiger partial charge is 0.351 e. The van der Waals surface area contributed by atoms with Gasteiger partial charge in [0.05, 0.1) is 5.69 Å². The van der Waals surface area contributed by atoms with E-state index in [-0.39, 0.29) is 22.4 Å². The molecular weight excluding hydrogens is 376 g/mol. The number of nitrogens with zero attached hydrogens (tertiary/aromatic N) is 3. The van der Waals surface area contributed by atoms with Gasteiger partial charge in [-0.1, -0.05) is 30.3 Å². The molecule has 0 bridgehead atoms. The summed E-state index contributed by atoms with van der Waals surface area (Å²) in [5.74, 6) is 0.512. The van der Waals surface area contributed by atoms with E-state index in [1.165, 1.54) is 4.57 Å². The molecule has 28 heavy (non-hydrogen) atoms. The number of carbonyl (C=O) groups excluding carboxylic acids is 1. The van der Waals surface area contributed by atoms with E-state index in [1.807, 2.05) is 60.9 Å². The molecule has 2 aromatic heterocycles. The summed E-state index contributed by atoms with van der Waals surface area (Å²) in [5.41, 5.74) is 6.52. The Morgan fingerprint density at radius 1 is 1.14 bits per heavy atom. The number of amides is 2. The van der Waals surface area contributed by atoms with Crippen molar-refractivity contribution < 1.29 is 4.79 Å². The molecule has 0 aliphatic rings. The van der Waals surface area contributed by atoms with Crippen LogP contribution in [0.4, 0.5) is 10.6 Å². The molecule has 0 saturated carbocycles. The second-order valence-corrected chi connectivity index (χ2v) is 6.80. The van der Waals surface area contributed by atoms with Crippen LogP contribution in [0.5, 0.6) is 0 Å². The molecule has 0 fully saturated rings. The number of carbonyl (C=O) groups is 1. The van der Waals surface area contributed by atoms with Gasteiger partial charge in [-0.05, 0) is 30.5 Å². The Balaban J connectivity index is 2.04. The van der Waals surface area contributed by atoms with Crippen molar-refractivity contribution in [2.45, 2.75) is 4.90 Å². The van der Waals surface area contributed by atoms with Crippen molar-refractivity contribution in [1.82, 2.24) is 19.7 Å². The zero-order valence-electron chi connectivity index (χ0n) is 14.8. The molecular formula is C19H16N6O2S. The fourth-order valence-electron chi connectivity index (χ4n) is 2.94. The predicted molar refractivity (Wildman–Crippen MR) is 110 cm³/mol. The van der Waals surface area contributed by atoms with Gasteiger partial charge in [0, 0.05) is 10.5 Å². The molecule has 0 radical (unpaired) electrons. The number of primary amides is 1. The lowest BCUT2D eigenvalue weighted by Gasteiger charge is -2.13. The molecule has 140 valence electrons. The summed E-state index contributed by atoms with van der Waals surface area (Å²) in [6.07, 6.45) is 1.98. The summed E-state index contributed by atoms with van der Waals surface area (Å²) >= 11 is 1.61. The number of urea groups is 1. The molecule has 8 nitrogen and oxygen atoms in total. The molecule has 4 aromatic rings. The van der Waals surface area contributed by atoms with Crippen molar-refractivity contribution in [3.63, 3.8) is 0 Å². The first-order chi connectivity index (χ1) is 13.6. The van der Waals surface area contributed by atoms with Crippen molar-refractivity contribution in [3.8, 4) is 17.1 Å². The minimum absolute atomic E-state index is 0.0501. The highest BCUT2D eigenvalue weighted by atomic mass is 32.2. The van der Waals surface area contributed by atoms with Crippen molar-refractivity contribution in [1.29, 1.82) is 0 Å². The third-order valence-corrected chi connectivity index (χ3v) is 4.94. The third kappa shape index (κ3) is 3.12. The number of benzene rings is 2. The quantitative estimate of drug-likeness (QED) is 0.461. The smallest absolute Gasteiger partial charge is 0.317 e. The number of fused-ring (bicyclic) bond motifs is 1. The summed E-state index contributed by atoms with van der Waals surface area (Å²) in [5, 5.41) is 9.19. The van der Waals surface area contributed by atoms with Gasteiger partial charge >= 0.3 is 6.03 Å². The number of thioether (sulfide) groups is 1. The van der Waals surface area contributed by atoms with Crippen LogP contribution in [-0.2, 0) is 0 Å². The number of nitrogens with two attached hydrogens (primary N) is 1. The number of hydrogen-bond donors (Lipinski definition) is 3. The minimum Gasteiger partial charge on any atom is -0.351 e. The van der Waals surface area contributed by atoms with Gasteiger partial charge in [-0.3, -0.25) is 19.8 Å². The molecule has 9 heteroatoms. The number of aromatic amines is 1. The highest BCUT2D eigenvalue weighted by molar-refractivity contribution is 7.98. The van der Waals surface area contributed by atoms with Gasteiger partial charge < -0.3 is 5.73 Å². The van der Waals surface area contributed by atoms with Crippen molar-refractivity contribution in [3.05, 3.63) is 65.0 Å². The van der Waals surface area contributed by atoms with E-state index in [0.29, 0.717) is 11.5 Å². The Morgan fingerprint density at radius 2 is 1.86 bits per heavy atom. The lowest BCUT2D eigenvalue weighted by atomic mass is 10.2. The summed E-state index contributed by atoms with van der Waals surface area (Å²) < 4.78 is 1.50. The lowest BCUT2D eigenvalue weighted by molar-refractivity contribution is 0.259. The van der Waals surface area contributed by atoms with Crippen molar-refractivity contribution >= 4 is 34.6 Å². The van der Waals surface area contributed by atoms with Crippen LogP contribution in [0, 0.1) is 0 Å². The van der Waals surface area contributed by atoms with Crippen molar-refractivity contribution in [2.75, 3.05) is 11.6 Å². The number of hydrogen-bond acceptors (Lipinski definition) is 5. The fourth-order valence-corrected chi connectivity index (χ4v) is 3.35. The molecule has 0 unspecified atom stereocenters. The van der Waals surface area contributed by atoms with Gasteiger partial charge in [-0.2, -0.15) is 5.10 Å². The SMILES string of the molecule is CSc1ccc(-n2c(-c3ccccc3)nc3[nH]nc(NC(N)=O)c3c2=O)cc1. The number of rotatable bonds is 4. The van der Waals surface area contributed by atoms with Gasteiger partial charge in [0.15, 0.2) is 11.5 Å². The Morgan fingerprint density at radius 3 is 2.50 bits per heavy atom. The average Bonchev–Trinajstić information content (AvgIpc) is 3.11. The molecule has 2 amide bonds. The van der Waals surface area contributed by atoms with Gasteiger partial charge in [-0.15, -0.1) is 11.8 Å². The van der Waals surface area contributed by atoms with Crippen LogP contribution in [-0.4, -0.2) is 32.0 Å². The first-order valence-electron chi connectivity index (χ1n) is 8.36. The first-order valence-corrected chi connectivity index (χ1v) is 9.58. The van der Waals surface area contributed by atoms with Crippen LogP contribution in [0.2, 0.25) is 0 Å². The molecule has 0 aliphatic heterocycles. The molecule has 0 spiro atoms. The Labute approximate surface area is 163 Å². The van der Waals surface area contributed by atoms with Gasteiger partial charge in [0.25, 0.3) is 5.56 Å². The van der Waals surface area contributed by atoms with E-state index in [0.717, 1.165) is 10.5 Å². The van der Waals surface area contributed by atoms with Crippen LogP contribution in [0.25, 0.3) is 28.1 Å². The summed E-state index contributed by atoms with van der Waals surface area (Å²) in [6.45, 7) is 0. The highest BCUT2D eigenvalue weighted by Crippen LogP contribution is 2.25. The molecule has 2 heterocycles. The summed E-state index contributed by atoms with van der Waals surface area (Å²) in [4.78, 5) is 30.3. The summed E-state index contributed by atoms with van der Waals surface area (Å²) in [7, 11) is 0. The van der Waals surface area contributed by atoms with E-state index < -0.39 is 6.03 Å². The number of aromatic nitrogens is 4. The maximum atomic E-state index is 13.4. The zero-order chi connectivity index (χ0) is 19.7. The second kappa shape index (κ2) is 7.20. The standard InChI is InChI=1S/C19H16N6O2S/c1-28-13-9-7-12(8-10-13)25-17(11-5-3-2-4-6-11)21-15-14(18(25)26)16(24-23-15)22-19(20)27/h2-10H,1H3,(H4,20,22,23,24,27). The lowest BCUT2D eigenvalue weighted by Crippen LogP contribution is -2.24. The van der Waals surface area contributed by atoms with Gasteiger partial charge in [0.1, 0.15) is 11.2 Å². The second-order valence-electron chi connectivity index (χ2n) is 5.93. The number of nitrogens with one attached hydrogen (secondary N) is 2. The van der Waals surface area contributed by atoms with Crippen LogP contribution in [0.3, 0.4) is 0 Å². The minimum atomic E-state index is -0.809. The Bertz CT molecular complexity index is 1220. The molecule has 0 atom stereocenters. The topological polar surface area (TPSA) is 119 Å². The van der Waals surface area contributed by atoms with E-state index in [9.17, 15) is 9.59 Å². The van der Waals surface area contributed by atoms with Crippen LogP contribution >= 0.6 is 11.8 Å². The Kier molecular flexibility index (Phi) is 4.58. The first kappa shape index (κ1) is 17.8. The maximum absolute atomic E-state index is 13.4. The number of H-pyrrole nitrogens is 1. The molecule has 4 N–H and O–H groups in total. The molecule has 2 aromatic carbocycles. The van der Waals surface area contributed by atoms with Crippen molar-refractivity contribution in [2.24, 2.45) is 5.73 Å². The van der Waals surface area contributed by atoms with E-state index in [4.69, 9.17) is 5.73 Å². The zero-order valence-corrected chi connectivity index (χ0v) is 15.7. The normalized spacial score (nSPS) is 10.9. The van der Waals surface area contributed by atoms with Gasteiger partial charge in [-0.25, -0.2) is 9.78 Å². The monoisotopic (exact) mass is 392 g/mol. The van der Waals surface area contributed by atoms with Crippen LogP contribution in [0.1, 0.15) is 0 Å². The maximum Gasteiger partial charge on any atom is 0.317 e. The highest BCUT2D eigenvalue weighted by Gasteiger charge is 2.19. The molecule has 4 rings (SSSR count). The number of anilines is 1. The average molecular weight is 392 g/mol. The van der Waals surface area contributed by atoms with E-state index in [1.54, 1.807) is 11.8 Å². The van der Waals surface area contributed by atoms with Gasteiger partial charge in [0.2, 0.25) is 0 Å². The molecule has 0 saturated heterocycles. The van der Waals surface area contributed by atoms with Crippen LogP contribution in [0.15, 0.2) is 64.3 Å². The fraction of sp³-hybridized carbons (Fsp3) is 0.0526. The van der Waals surface area contributed by atoms with Crippen LogP contribution < -0.4 is 16.6 Å². The third-order valence-electron chi connectivity index (χ3n) is 4.20.